The van der Waals surface area contributed by atoms with Crippen LogP contribution in [-0.2, 0) is 4.79 Å². The molecule has 0 bridgehead atoms. The van der Waals surface area contributed by atoms with E-state index in [1.807, 2.05) is 37.3 Å². The SMILES string of the molecule is CCC[C@H](NC(=O)[C@@H](C)[NH+]1CCN(c2ccccc2OCC)CC1)c1ccccc1. The maximum Gasteiger partial charge on any atom is 0.278 e. The van der Waals surface area contributed by atoms with Gasteiger partial charge in [0.15, 0.2) is 6.04 Å². The molecular weight excluding hydrogens is 374 g/mol. The molecule has 5 nitrogen and oxygen atoms in total. The highest BCUT2D eigenvalue weighted by Gasteiger charge is 2.31. The van der Waals surface area contributed by atoms with E-state index in [0.29, 0.717) is 6.61 Å². The van der Waals surface area contributed by atoms with E-state index in [4.69, 9.17) is 4.74 Å². The smallest absolute Gasteiger partial charge is 0.278 e. The van der Waals surface area contributed by atoms with Crippen LogP contribution in [-0.4, -0.2) is 44.7 Å². The van der Waals surface area contributed by atoms with Crippen molar-refractivity contribution in [2.24, 2.45) is 0 Å². The maximum absolute atomic E-state index is 13.0. The highest BCUT2D eigenvalue weighted by molar-refractivity contribution is 5.80. The Hall–Kier alpha value is -2.53. The number of ether oxygens (including phenoxy) is 1. The van der Waals surface area contributed by atoms with Gasteiger partial charge in [0.05, 0.1) is 44.5 Å². The van der Waals surface area contributed by atoms with E-state index in [2.05, 4.69) is 48.3 Å². The highest BCUT2D eigenvalue weighted by atomic mass is 16.5. The van der Waals surface area contributed by atoms with Gasteiger partial charge in [0.25, 0.3) is 5.91 Å². The van der Waals surface area contributed by atoms with Crippen LogP contribution >= 0.6 is 0 Å². The van der Waals surface area contributed by atoms with Gasteiger partial charge in [0.1, 0.15) is 5.75 Å². The Morgan fingerprint density at radius 1 is 1.07 bits per heavy atom. The van der Waals surface area contributed by atoms with Gasteiger partial charge in [-0.05, 0) is 38.0 Å². The Morgan fingerprint density at radius 2 is 1.73 bits per heavy atom. The van der Waals surface area contributed by atoms with Gasteiger partial charge in [-0.3, -0.25) is 4.79 Å². The number of benzene rings is 2. The number of anilines is 1. The number of hydrogen-bond acceptors (Lipinski definition) is 3. The number of para-hydroxylation sites is 2. The van der Waals surface area contributed by atoms with Gasteiger partial charge >= 0.3 is 0 Å². The first-order chi connectivity index (χ1) is 14.6. The second kappa shape index (κ2) is 11.0. The van der Waals surface area contributed by atoms with Crippen molar-refractivity contribution in [1.29, 1.82) is 0 Å². The summed E-state index contributed by atoms with van der Waals surface area (Å²) in [5, 5.41) is 3.31. The summed E-state index contributed by atoms with van der Waals surface area (Å²) in [5.41, 5.74) is 2.34. The summed E-state index contributed by atoms with van der Waals surface area (Å²) in [6, 6.07) is 18.6. The molecule has 2 N–H and O–H groups in total. The van der Waals surface area contributed by atoms with Crippen LogP contribution in [0, 0.1) is 0 Å². The van der Waals surface area contributed by atoms with Crippen molar-refractivity contribution in [1.82, 2.24) is 5.32 Å². The molecule has 2 atom stereocenters. The lowest BCUT2D eigenvalue weighted by molar-refractivity contribution is -0.914. The molecule has 30 heavy (non-hydrogen) atoms. The molecule has 2 aromatic carbocycles. The van der Waals surface area contributed by atoms with Crippen LogP contribution in [0.5, 0.6) is 5.75 Å². The lowest BCUT2D eigenvalue weighted by Crippen LogP contribution is -3.19. The maximum atomic E-state index is 13.0. The minimum Gasteiger partial charge on any atom is -0.492 e. The molecule has 1 heterocycles. The van der Waals surface area contributed by atoms with E-state index in [0.717, 1.165) is 50.5 Å². The summed E-state index contributed by atoms with van der Waals surface area (Å²) < 4.78 is 5.80. The van der Waals surface area contributed by atoms with Crippen LogP contribution in [0.25, 0.3) is 0 Å². The van der Waals surface area contributed by atoms with E-state index >= 15 is 0 Å². The number of piperazine rings is 1. The molecule has 1 aliphatic heterocycles. The molecule has 5 heteroatoms. The standard InChI is InChI=1S/C25H35N3O2/c1-4-11-22(21-12-7-6-8-13-21)26-25(29)20(3)27-16-18-28(19-17-27)23-14-9-10-15-24(23)30-5-2/h6-10,12-15,20,22H,4-5,11,16-19H2,1-3H3,(H,26,29)/p+1/t20-,22+/m1/s1. The zero-order valence-corrected chi connectivity index (χ0v) is 18.6. The Morgan fingerprint density at radius 3 is 2.40 bits per heavy atom. The van der Waals surface area contributed by atoms with Crippen molar-refractivity contribution in [3.05, 3.63) is 60.2 Å². The van der Waals surface area contributed by atoms with Crippen molar-refractivity contribution in [3.63, 3.8) is 0 Å². The number of hydrogen-bond donors (Lipinski definition) is 2. The molecule has 0 aromatic heterocycles. The number of nitrogens with zero attached hydrogens (tertiary/aromatic N) is 1. The van der Waals surface area contributed by atoms with Crippen molar-refractivity contribution in [2.45, 2.75) is 45.7 Å². The fourth-order valence-electron chi connectivity index (χ4n) is 4.24. The number of carbonyl (C=O) groups is 1. The molecule has 162 valence electrons. The Kier molecular flexibility index (Phi) is 8.14. The first-order valence-electron chi connectivity index (χ1n) is 11.3. The summed E-state index contributed by atoms with van der Waals surface area (Å²) in [4.78, 5) is 16.8. The van der Waals surface area contributed by atoms with Crippen molar-refractivity contribution in [3.8, 4) is 5.75 Å². The van der Waals surface area contributed by atoms with E-state index in [-0.39, 0.29) is 18.0 Å². The first-order valence-corrected chi connectivity index (χ1v) is 11.3. The number of amides is 1. The fraction of sp³-hybridized carbons (Fsp3) is 0.480. The second-order valence-corrected chi connectivity index (χ2v) is 8.03. The minimum absolute atomic E-state index is 0.0580. The Labute approximate surface area is 181 Å². The van der Waals surface area contributed by atoms with Crippen molar-refractivity contribution in [2.75, 3.05) is 37.7 Å². The monoisotopic (exact) mass is 410 g/mol. The van der Waals surface area contributed by atoms with E-state index in [1.165, 1.54) is 10.5 Å². The summed E-state index contributed by atoms with van der Waals surface area (Å²) in [5.74, 6) is 1.09. The van der Waals surface area contributed by atoms with Crippen LogP contribution in [0.15, 0.2) is 54.6 Å². The van der Waals surface area contributed by atoms with Gasteiger partial charge in [0, 0.05) is 0 Å². The molecular formula is C25H36N3O2+. The van der Waals surface area contributed by atoms with Crippen molar-refractivity contribution < 1.29 is 14.4 Å². The third-order valence-corrected chi connectivity index (χ3v) is 6.01. The second-order valence-electron chi connectivity index (χ2n) is 8.03. The quantitative estimate of drug-likeness (QED) is 0.668. The predicted octanol–water partition coefficient (Wildman–Crippen LogP) is 2.84. The summed E-state index contributed by atoms with van der Waals surface area (Å²) in [6.07, 6.45) is 2.00. The van der Waals surface area contributed by atoms with Gasteiger partial charge in [-0.25, -0.2) is 0 Å². The van der Waals surface area contributed by atoms with Crippen LogP contribution in [0.1, 0.15) is 45.2 Å². The summed E-state index contributed by atoms with van der Waals surface area (Å²) in [6.45, 7) is 10.6. The average molecular weight is 411 g/mol. The van der Waals surface area contributed by atoms with Gasteiger partial charge in [-0.2, -0.15) is 0 Å². The Balaban J connectivity index is 1.58. The number of carbonyl (C=O) groups excluding carboxylic acids is 1. The first kappa shape index (κ1) is 22.2. The Bertz CT molecular complexity index is 788. The molecule has 3 rings (SSSR count). The number of nitrogens with one attached hydrogen (secondary N) is 2. The normalized spacial score (nSPS) is 16.7. The number of quaternary nitrogens is 1. The highest BCUT2D eigenvalue weighted by Crippen LogP contribution is 2.27. The van der Waals surface area contributed by atoms with Crippen molar-refractivity contribution >= 4 is 11.6 Å². The third-order valence-electron chi connectivity index (χ3n) is 6.01. The molecule has 1 aliphatic rings. The van der Waals surface area contributed by atoms with Crippen LogP contribution in [0.2, 0.25) is 0 Å². The summed E-state index contributed by atoms with van der Waals surface area (Å²) in [7, 11) is 0. The third kappa shape index (κ3) is 5.54. The molecule has 2 aromatic rings. The number of rotatable bonds is 9. The molecule has 0 saturated carbocycles. The topological polar surface area (TPSA) is 46.0 Å². The minimum atomic E-state index is -0.0580. The van der Waals surface area contributed by atoms with Crippen LogP contribution in [0.3, 0.4) is 0 Å². The molecule has 0 spiro atoms. The molecule has 1 fully saturated rings. The van der Waals surface area contributed by atoms with Crippen LogP contribution < -0.4 is 19.9 Å². The lowest BCUT2D eigenvalue weighted by Gasteiger charge is -2.36. The van der Waals surface area contributed by atoms with Gasteiger partial charge in [-0.1, -0.05) is 55.8 Å². The molecule has 0 radical (unpaired) electrons. The largest absolute Gasteiger partial charge is 0.492 e. The zero-order valence-electron chi connectivity index (χ0n) is 18.6. The van der Waals surface area contributed by atoms with Crippen LogP contribution in [0.4, 0.5) is 5.69 Å². The van der Waals surface area contributed by atoms with Gasteiger partial charge < -0.3 is 19.9 Å². The van der Waals surface area contributed by atoms with Gasteiger partial charge in [-0.15, -0.1) is 0 Å². The van der Waals surface area contributed by atoms with E-state index in [1.54, 1.807) is 0 Å². The predicted molar refractivity (Wildman–Crippen MR) is 122 cm³/mol. The van der Waals surface area contributed by atoms with E-state index in [9.17, 15) is 4.79 Å². The summed E-state index contributed by atoms with van der Waals surface area (Å²) >= 11 is 0. The zero-order chi connectivity index (χ0) is 21.3. The molecule has 0 aliphatic carbocycles. The average Bonchev–Trinajstić information content (AvgIpc) is 2.79. The van der Waals surface area contributed by atoms with E-state index < -0.39 is 0 Å². The molecule has 1 amide bonds. The molecule has 1 saturated heterocycles. The fourth-order valence-corrected chi connectivity index (χ4v) is 4.24. The van der Waals surface area contributed by atoms with Gasteiger partial charge in [0.2, 0.25) is 0 Å². The lowest BCUT2D eigenvalue weighted by atomic mass is 10.0. The molecule has 0 unspecified atom stereocenters.